The molecule has 14 atom stereocenters. The number of aryl methyl sites for hydroxylation is 1. The van der Waals surface area contributed by atoms with Gasteiger partial charge >= 0.3 is 11.9 Å². The molecule has 0 radical (unpaired) electrons. The van der Waals surface area contributed by atoms with Gasteiger partial charge in [-0.05, 0) is 104 Å². The number of hydrogen-bond acceptors (Lipinski definition) is 12. The number of fused-ring (bicyclic) bond motifs is 4. The van der Waals surface area contributed by atoms with Crippen LogP contribution in [0, 0.1) is 47.3 Å². The monoisotopic (exact) mass is 887 g/mol. The van der Waals surface area contributed by atoms with Crippen molar-refractivity contribution in [3.8, 4) is 11.5 Å². The van der Waals surface area contributed by atoms with Crippen molar-refractivity contribution in [1.82, 2.24) is 5.32 Å². The summed E-state index contributed by atoms with van der Waals surface area (Å²) in [6, 6.07) is 1.78. The number of esters is 1. The molecule has 2 aliphatic heterocycles. The zero-order valence-corrected chi connectivity index (χ0v) is 38.8. The molecule has 6 N–H and O–H groups in total. The van der Waals surface area contributed by atoms with E-state index < -0.39 is 106 Å². The third kappa shape index (κ3) is 7.32. The summed E-state index contributed by atoms with van der Waals surface area (Å²) >= 11 is 0. The van der Waals surface area contributed by atoms with Crippen LogP contribution in [0.3, 0.4) is 0 Å². The van der Waals surface area contributed by atoms with Crippen LogP contribution in [0.1, 0.15) is 110 Å². The maximum absolute atomic E-state index is 15.2. The van der Waals surface area contributed by atoms with E-state index in [1.54, 1.807) is 39.8 Å². The van der Waals surface area contributed by atoms with Crippen molar-refractivity contribution in [2.45, 2.75) is 143 Å². The maximum Gasteiger partial charge on any atom is 0.346 e. The summed E-state index contributed by atoms with van der Waals surface area (Å²) in [6.07, 6.45) is 5.40. The van der Waals surface area contributed by atoms with Gasteiger partial charge in [-0.25, -0.2) is 9.59 Å². The number of allylic oxidation sites excluding steroid dienone is 5. The summed E-state index contributed by atoms with van der Waals surface area (Å²) in [5, 5.41) is 60.3. The first-order valence-electron chi connectivity index (χ1n) is 22.5. The van der Waals surface area contributed by atoms with E-state index in [0.29, 0.717) is 37.0 Å². The fourth-order valence-corrected chi connectivity index (χ4v) is 12.7. The van der Waals surface area contributed by atoms with E-state index in [1.165, 1.54) is 20.1 Å². The lowest BCUT2D eigenvalue weighted by Crippen LogP contribution is -2.70. The average molecular weight is 888 g/mol. The number of nitrogens with one attached hydrogen (secondary N) is 1. The molecular weight excluding hydrogens is 823 g/mol. The number of Topliss-reactive ketones (excluding diaryl/α,β-unsaturated/α-hetero) is 1. The molecule has 0 unspecified atom stereocenters. The van der Waals surface area contributed by atoms with E-state index in [4.69, 9.17) is 18.9 Å². The number of carboxylic acid groups (broad SMARTS) is 1. The molecule has 2 heterocycles. The summed E-state index contributed by atoms with van der Waals surface area (Å²) in [6.45, 7) is 18.0. The van der Waals surface area contributed by atoms with Crippen molar-refractivity contribution in [2.75, 3.05) is 7.11 Å². The Bertz CT molecular complexity index is 2280. The summed E-state index contributed by atoms with van der Waals surface area (Å²) < 4.78 is 24.4. The number of carbonyl (C=O) groups is 4. The van der Waals surface area contributed by atoms with Crippen LogP contribution in [0.5, 0.6) is 11.5 Å². The van der Waals surface area contributed by atoms with E-state index in [2.05, 4.69) is 24.4 Å². The Morgan fingerprint density at radius 1 is 0.969 bits per heavy atom. The van der Waals surface area contributed by atoms with Crippen molar-refractivity contribution >= 4 is 23.6 Å². The number of carboxylic acids is 1. The van der Waals surface area contributed by atoms with E-state index >= 15 is 4.79 Å². The van der Waals surface area contributed by atoms with E-state index in [1.807, 2.05) is 33.8 Å². The van der Waals surface area contributed by atoms with Crippen LogP contribution in [0.15, 0.2) is 70.1 Å². The SMILES string of the molecule is COc1cc(C)c(C(=O)N[C@@H]2[C@H](C)O[C@H](O[C@@H]3CC[C@H](C)[C@@H]4[C@@H]3C=C(C)[C@@H]3/C(C)=C/CC/C(C)=C/[C@]5(C)C=C(C(=O)O)[C@H](C)C[C@@]56OC(=O)C(=C(O)[C@@]43C)C6=O)[C@@H](O)[C@]2(C)O)c(O)c1. The number of aliphatic hydroxyl groups is 3. The van der Waals surface area contributed by atoms with Crippen LogP contribution in [0.2, 0.25) is 0 Å². The molecule has 14 heteroatoms. The number of benzene rings is 1. The predicted octanol–water partition coefficient (Wildman–Crippen LogP) is 6.71. The Morgan fingerprint density at radius 3 is 2.30 bits per heavy atom. The molecule has 348 valence electrons. The third-order valence-corrected chi connectivity index (χ3v) is 15.7. The Kier molecular flexibility index (Phi) is 12.2. The highest BCUT2D eigenvalue weighted by Crippen LogP contribution is 2.62. The van der Waals surface area contributed by atoms with Gasteiger partial charge in [0, 0.05) is 35.3 Å². The van der Waals surface area contributed by atoms with Gasteiger partial charge in [0.05, 0.1) is 36.3 Å². The van der Waals surface area contributed by atoms with Gasteiger partial charge in [-0.15, -0.1) is 0 Å². The van der Waals surface area contributed by atoms with Crippen LogP contribution in [0.4, 0.5) is 0 Å². The molecular formula is C50H65NO13. The van der Waals surface area contributed by atoms with Gasteiger partial charge in [0.1, 0.15) is 34.5 Å². The van der Waals surface area contributed by atoms with Crippen molar-refractivity contribution < 1.29 is 63.7 Å². The Morgan fingerprint density at radius 2 is 1.66 bits per heavy atom. The largest absolute Gasteiger partial charge is 0.511 e. The van der Waals surface area contributed by atoms with Crippen molar-refractivity contribution in [1.29, 1.82) is 0 Å². The fourth-order valence-electron chi connectivity index (χ4n) is 12.7. The predicted molar refractivity (Wildman–Crippen MR) is 235 cm³/mol. The molecule has 3 fully saturated rings. The first kappa shape index (κ1) is 47.2. The second-order valence-electron chi connectivity index (χ2n) is 20.2. The van der Waals surface area contributed by atoms with Crippen molar-refractivity contribution in [2.24, 2.45) is 40.4 Å². The number of aliphatic hydroxyl groups excluding tert-OH is 2. The molecule has 6 aliphatic rings. The number of aromatic hydroxyl groups is 1. The van der Waals surface area contributed by atoms with E-state index in [0.717, 1.165) is 16.7 Å². The van der Waals surface area contributed by atoms with Crippen LogP contribution in [-0.4, -0.2) is 98.1 Å². The molecule has 2 bridgehead atoms. The second kappa shape index (κ2) is 16.6. The Hall–Kier alpha value is -4.76. The van der Waals surface area contributed by atoms with Gasteiger partial charge in [0.15, 0.2) is 11.9 Å². The highest BCUT2D eigenvalue weighted by atomic mass is 16.7. The molecule has 14 nitrogen and oxygen atoms in total. The van der Waals surface area contributed by atoms with Crippen LogP contribution in [-0.2, 0) is 28.6 Å². The van der Waals surface area contributed by atoms with Gasteiger partial charge in [0.25, 0.3) is 5.91 Å². The highest BCUT2D eigenvalue weighted by Gasteiger charge is 2.67. The Balaban J connectivity index is 1.26. The minimum absolute atomic E-state index is 0.0168. The highest BCUT2D eigenvalue weighted by molar-refractivity contribution is 6.26. The zero-order chi connectivity index (χ0) is 47.2. The number of ketones is 1. The number of phenolic OH excluding ortho intramolecular Hbond substituents is 1. The quantitative estimate of drug-likeness (QED) is 0.0995. The minimum atomic E-state index is -1.97. The molecule has 1 aromatic carbocycles. The lowest BCUT2D eigenvalue weighted by molar-refractivity contribution is -0.315. The number of hydrogen-bond donors (Lipinski definition) is 6. The van der Waals surface area contributed by atoms with Gasteiger partial charge in [-0.3, -0.25) is 9.59 Å². The lowest BCUT2D eigenvalue weighted by atomic mass is 9.49. The topological polar surface area (TPSA) is 218 Å². The number of phenols is 1. The normalized spacial score (nSPS) is 41.7. The average Bonchev–Trinajstić information content (AvgIpc) is 3.45. The van der Waals surface area contributed by atoms with E-state index in [9.17, 15) is 39.9 Å². The van der Waals surface area contributed by atoms with Crippen molar-refractivity contribution in [3.63, 3.8) is 0 Å². The molecule has 0 aromatic heterocycles. The standard InChI is InChI=1S/C50H65NO13/c1-23-13-12-14-24(2)37-27(5)18-31-34(63-46-42(55)49(10,60)39(29(7)62-46)51-43(56)35-26(4)17-30(61-11)19-33(35)52)16-15-25(3)38(31)48(37,9)40(53)36-41(54)50(64-45(36)59)21-28(6)32(44(57)58)22-47(50,8)20-23/h14,17-20,22,25,28-29,31,34,37-39,42,46,52-53,55,60H,12-13,15-16,21H2,1-11H3,(H,51,56)(H,57,58)/b23-20+,24-14+,40-36?/t25-,28+,29-,31+,34+,37-,38+,39+,42+,46+,47+,48+,49+,50-/m0/s1. The molecule has 64 heavy (non-hydrogen) atoms. The van der Waals surface area contributed by atoms with Gasteiger partial charge in [0.2, 0.25) is 5.78 Å². The molecule has 4 aliphatic carbocycles. The number of ether oxygens (including phenoxy) is 4. The number of amides is 1. The molecule has 1 spiro atoms. The van der Waals surface area contributed by atoms with Gasteiger partial charge < -0.3 is 49.8 Å². The van der Waals surface area contributed by atoms with Crippen LogP contribution >= 0.6 is 0 Å². The molecule has 1 amide bonds. The van der Waals surface area contributed by atoms with Gasteiger partial charge in [-0.1, -0.05) is 61.8 Å². The summed E-state index contributed by atoms with van der Waals surface area (Å²) in [5.74, 6) is -5.78. The molecule has 2 saturated heterocycles. The molecule has 1 aromatic rings. The van der Waals surface area contributed by atoms with Gasteiger partial charge in [-0.2, -0.15) is 0 Å². The summed E-state index contributed by atoms with van der Waals surface area (Å²) in [7, 11) is 1.44. The third-order valence-electron chi connectivity index (χ3n) is 15.7. The first-order valence-corrected chi connectivity index (χ1v) is 22.5. The molecule has 7 rings (SSSR count). The van der Waals surface area contributed by atoms with Crippen LogP contribution in [0.25, 0.3) is 0 Å². The minimum Gasteiger partial charge on any atom is -0.511 e. The summed E-state index contributed by atoms with van der Waals surface area (Å²) in [4.78, 5) is 55.6. The van der Waals surface area contributed by atoms with Crippen LogP contribution < -0.4 is 10.1 Å². The zero-order valence-electron chi connectivity index (χ0n) is 38.8. The number of methoxy groups -OCH3 is 1. The first-order chi connectivity index (χ1) is 29.8. The number of carbonyl (C=O) groups excluding carboxylic acids is 3. The number of aliphatic carboxylic acids is 1. The molecule has 1 saturated carbocycles. The van der Waals surface area contributed by atoms with E-state index in [-0.39, 0.29) is 35.0 Å². The smallest absolute Gasteiger partial charge is 0.346 e. The summed E-state index contributed by atoms with van der Waals surface area (Å²) in [5.41, 5.74) is -3.52. The second-order valence-corrected chi connectivity index (χ2v) is 20.2. The number of rotatable bonds is 6. The van der Waals surface area contributed by atoms with Crippen molar-refractivity contribution in [3.05, 3.63) is 81.2 Å². The Labute approximate surface area is 375 Å². The lowest BCUT2D eigenvalue weighted by Gasteiger charge is -2.57. The fraction of sp³-hybridized carbons (Fsp3) is 0.600. The maximum atomic E-state index is 15.2.